The molecule has 1 aliphatic heterocycles. The van der Waals surface area contributed by atoms with Gasteiger partial charge in [-0.25, -0.2) is 9.78 Å². The number of nitrogens with zero attached hydrogens (tertiary/aromatic N) is 3. The van der Waals surface area contributed by atoms with Crippen molar-refractivity contribution in [2.24, 2.45) is 11.3 Å². The molecule has 1 amide bonds. The van der Waals surface area contributed by atoms with E-state index >= 15 is 0 Å². The van der Waals surface area contributed by atoms with Gasteiger partial charge in [0.25, 0.3) is 0 Å². The minimum absolute atomic E-state index is 0.0866. The van der Waals surface area contributed by atoms with E-state index < -0.39 is 11.5 Å². The van der Waals surface area contributed by atoms with Gasteiger partial charge in [0.1, 0.15) is 4.88 Å². The van der Waals surface area contributed by atoms with Crippen molar-refractivity contribution < 1.29 is 19.4 Å². The SMILES string of the molecule is CC(=O)N(c1cc(C#CC(C)(C)C)sc1C(=O)O)C1(C2CCC(Oc3cccnc3N3CCCC3)CC2)CCCCC1. The molecule has 5 rings (SSSR count). The normalized spacial score (nSPS) is 22.2. The Bertz CT molecular complexity index is 1330. The van der Waals surface area contributed by atoms with Gasteiger partial charge in [-0.05, 0) is 96.3 Å². The number of aromatic carboxylic acids is 1. The number of ether oxygens (including phenoxy) is 1. The highest BCUT2D eigenvalue weighted by Gasteiger charge is 2.48. The maximum absolute atomic E-state index is 13.5. The van der Waals surface area contributed by atoms with Gasteiger partial charge in [-0.2, -0.15) is 0 Å². The molecule has 0 aromatic carbocycles. The number of rotatable bonds is 7. The summed E-state index contributed by atoms with van der Waals surface area (Å²) >= 11 is 1.18. The van der Waals surface area contributed by atoms with Gasteiger partial charge in [-0.15, -0.1) is 11.3 Å². The van der Waals surface area contributed by atoms with Crippen molar-refractivity contribution in [3.8, 4) is 17.6 Å². The van der Waals surface area contributed by atoms with Crippen LogP contribution in [0.5, 0.6) is 5.75 Å². The molecule has 2 aromatic rings. The van der Waals surface area contributed by atoms with Gasteiger partial charge in [0.2, 0.25) is 5.91 Å². The van der Waals surface area contributed by atoms with E-state index in [-0.39, 0.29) is 28.2 Å². The van der Waals surface area contributed by atoms with E-state index in [1.807, 2.05) is 50.1 Å². The third-order valence-electron chi connectivity index (χ3n) is 9.07. The topological polar surface area (TPSA) is 83.0 Å². The largest absolute Gasteiger partial charge is 0.487 e. The fourth-order valence-corrected chi connectivity index (χ4v) is 8.09. The Hall–Kier alpha value is -3.05. The molecule has 3 aliphatic rings. The molecule has 2 saturated carbocycles. The molecule has 2 aromatic heterocycles. The van der Waals surface area contributed by atoms with Crippen LogP contribution in [0.4, 0.5) is 11.5 Å². The van der Waals surface area contributed by atoms with E-state index in [1.54, 1.807) is 6.92 Å². The first kappa shape index (κ1) is 30.4. The summed E-state index contributed by atoms with van der Waals surface area (Å²) in [7, 11) is 0. The Labute approximate surface area is 254 Å². The summed E-state index contributed by atoms with van der Waals surface area (Å²) in [6.07, 6.45) is 13.0. The van der Waals surface area contributed by atoms with Crippen molar-refractivity contribution in [2.45, 2.75) is 110 Å². The summed E-state index contributed by atoms with van der Waals surface area (Å²) in [6.45, 7) is 9.74. The predicted molar refractivity (Wildman–Crippen MR) is 169 cm³/mol. The van der Waals surface area contributed by atoms with Crippen LogP contribution in [0.15, 0.2) is 24.4 Å². The number of carboxylic acid groups (broad SMARTS) is 1. The average Bonchev–Trinajstić information content (AvgIpc) is 3.64. The number of aromatic nitrogens is 1. The molecule has 0 spiro atoms. The number of carbonyl (C=O) groups is 2. The molecule has 3 heterocycles. The first-order valence-corrected chi connectivity index (χ1v) is 16.5. The Kier molecular flexibility index (Phi) is 9.17. The molecule has 8 heteroatoms. The molecule has 1 saturated heterocycles. The van der Waals surface area contributed by atoms with Gasteiger partial charge in [0.05, 0.1) is 22.2 Å². The summed E-state index contributed by atoms with van der Waals surface area (Å²) in [6, 6.07) is 5.84. The lowest BCUT2D eigenvalue weighted by Crippen LogP contribution is -2.58. The van der Waals surface area contributed by atoms with Crippen LogP contribution in [-0.4, -0.2) is 46.7 Å². The molecule has 0 unspecified atom stereocenters. The van der Waals surface area contributed by atoms with E-state index in [1.165, 1.54) is 24.2 Å². The van der Waals surface area contributed by atoms with Crippen LogP contribution in [-0.2, 0) is 4.79 Å². The average molecular weight is 592 g/mol. The Balaban J connectivity index is 1.40. The Morgan fingerprint density at radius 2 is 1.79 bits per heavy atom. The predicted octanol–water partition coefficient (Wildman–Crippen LogP) is 7.53. The molecule has 3 fully saturated rings. The van der Waals surface area contributed by atoms with E-state index in [2.05, 4.69) is 21.7 Å². The molecular formula is C34H45N3O4S. The van der Waals surface area contributed by atoms with Crippen molar-refractivity contribution >= 4 is 34.7 Å². The van der Waals surface area contributed by atoms with Crippen LogP contribution in [0.1, 0.15) is 113 Å². The third-order valence-corrected chi connectivity index (χ3v) is 10.1. The minimum Gasteiger partial charge on any atom is -0.487 e. The standard InChI is InChI=1S/C34H45N3O4S/c1-24(38)37(28-23-27(16-19-33(2,3)4)42-30(28)32(39)40)34(17-6-5-7-18-34)25-12-14-26(15-13-25)41-29-11-10-20-35-31(29)36-21-8-9-22-36/h10-11,20,23,25-26H,5-9,12-15,17-18,21-22H2,1-4H3,(H,39,40). The molecule has 42 heavy (non-hydrogen) atoms. The van der Waals surface area contributed by atoms with E-state index in [0.29, 0.717) is 10.6 Å². The monoisotopic (exact) mass is 591 g/mol. The van der Waals surface area contributed by atoms with Gasteiger partial charge in [-0.3, -0.25) is 4.79 Å². The summed E-state index contributed by atoms with van der Waals surface area (Å²) in [5.41, 5.74) is -0.0853. The smallest absolute Gasteiger partial charge is 0.348 e. The highest BCUT2D eigenvalue weighted by atomic mass is 32.1. The number of carbonyl (C=O) groups excluding carboxylic acids is 1. The van der Waals surface area contributed by atoms with Gasteiger partial charge in [0.15, 0.2) is 11.6 Å². The minimum atomic E-state index is -1.00. The number of pyridine rings is 1. The number of hydrogen-bond acceptors (Lipinski definition) is 6. The van der Waals surface area contributed by atoms with Crippen molar-refractivity contribution in [2.75, 3.05) is 22.9 Å². The zero-order valence-electron chi connectivity index (χ0n) is 25.6. The zero-order valence-corrected chi connectivity index (χ0v) is 26.4. The van der Waals surface area contributed by atoms with E-state index in [4.69, 9.17) is 4.74 Å². The molecule has 7 nitrogen and oxygen atoms in total. The van der Waals surface area contributed by atoms with Crippen LogP contribution in [0.2, 0.25) is 0 Å². The fourth-order valence-electron chi connectivity index (χ4n) is 7.25. The number of thiophene rings is 1. The quantitative estimate of drug-likeness (QED) is 0.335. The van der Waals surface area contributed by atoms with Crippen molar-refractivity contribution in [3.05, 3.63) is 34.2 Å². The van der Waals surface area contributed by atoms with Crippen LogP contribution >= 0.6 is 11.3 Å². The van der Waals surface area contributed by atoms with Crippen LogP contribution in [0, 0.1) is 23.2 Å². The maximum Gasteiger partial charge on any atom is 0.348 e. The fraction of sp³-hybridized carbons (Fsp3) is 0.618. The maximum atomic E-state index is 13.5. The molecule has 0 radical (unpaired) electrons. The van der Waals surface area contributed by atoms with Gasteiger partial charge < -0.3 is 19.6 Å². The lowest BCUT2D eigenvalue weighted by molar-refractivity contribution is -0.118. The molecule has 2 aliphatic carbocycles. The van der Waals surface area contributed by atoms with Crippen molar-refractivity contribution in [1.82, 2.24) is 4.98 Å². The van der Waals surface area contributed by atoms with Gasteiger partial charge in [0, 0.05) is 31.6 Å². The highest BCUT2D eigenvalue weighted by Crippen LogP contribution is 2.49. The second kappa shape index (κ2) is 12.7. The Morgan fingerprint density at radius 1 is 1.10 bits per heavy atom. The van der Waals surface area contributed by atoms with Crippen LogP contribution < -0.4 is 14.5 Å². The number of carboxylic acids is 1. The van der Waals surface area contributed by atoms with Crippen molar-refractivity contribution in [3.63, 3.8) is 0 Å². The van der Waals surface area contributed by atoms with Gasteiger partial charge >= 0.3 is 5.97 Å². The number of hydrogen-bond donors (Lipinski definition) is 1. The second-order valence-electron chi connectivity index (χ2n) is 13.3. The van der Waals surface area contributed by atoms with Crippen LogP contribution in [0.25, 0.3) is 0 Å². The third kappa shape index (κ3) is 6.62. The molecular weight excluding hydrogens is 546 g/mol. The van der Waals surface area contributed by atoms with E-state index in [0.717, 1.165) is 82.4 Å². The summed E-state index contributed by atoms with van der Waals surface area (Å²) in [4.78, 5) is 35.7. The number of anilines is 2. The van der Waals surface area contributed by atoms with E-state index in [9.17, 15) is 14.7 Å². The Morgan fingerprint density at radius 3 is 2.40 bits per heavy atom. The molecule has 0 bridgehead atoms. The first-order chi connectivity index (χ1) is 20.1. The second-order valence-corrected chi connectivity index (χ2v) is 14.3. The summed E-state index contributed by atoms with van der Waals surface area (Å²) in [5.74, 6) is 7.42. The highest BCUT2D eigenvalue weighted by molar-refractivity contribution is 7.15. The first-order valence-electron chi connectivity index (χ1n) is 15.7. The van der Waals surface area contributed by atoms with Crippen molar-refractivity contribution in [1.29, 1.82) is 0 Å². The molecule has 0 atom stereocenters. The lowest BCUT2D eigenvalue weighted by Gasteiger charge is -2.52. The number of amides is 1. The zero-order chi connectivity index (χ0) is 29.9. The molecule has 226 valence electrons. The summed E-state index contributed by atoms with van der Waals surface area (Å²) < 4.78 is 6.59. The lowest BCUT2D eigenvalue weighted by atomic mass is 9.66. The molecule has 1 N–H and O–H groups in total. The summed E-state index contributed by atoms with van der Waals surface area (Å²) in [5, 5.41) is 10.2. The van der Waals surface area contributed by atoms with Crippen LogP contribution in [0.3, 0.4) is 0 Å². The van der Waals surface area contributed by atoms with Gasteiger partial charge in [-0.1, -0.05) is 31.1 Å².